The topological polar surface area (TPSA) is 110 Å². The molecule has 2 aromatic carbocycles. The molecular formula is C19H17F3N2O5. The van der Waals surface area contributed by atoms with Crippen LogP contribution in [0.4, 0.5) is 13.2 Å². The second kappa shape index (κ2) is 7.90. The molecular weight excluding hydrogens is 393 g/mol. The molecule has 10 heteroatoms. The Morgan fingerprint density at radius 2 is 1.55 bits per heavy atom. The van der Waals surface area contributed by atoms with Gasteiger partial charge in [0, 0.05) is 24.7 Å². The van der Waals surface area contributed by atoms with Gasteiger partial charge in [0.05, 0.1) is 5.56 Å². The Kier molecular flexibility index (Phi) is 5.53. The minimum atomic E-state index is -1.72. The van der Waals surface area contributed by atoms with Gasteiger partial charge in [-0.05, 0) is 37.1 Å². The summed E-state index contributed by atoms with van der Waals surface area (Å²) in [7, 11) is 0. The summed E-state index contributed by atoms with van der Waals surface area (Å²) in [5.41, 5.74) is -0.637. The summed E-state index contributed by atoms with van der Waals surface area (Å²) in [6.07, 6.45) is 0.637. The van der Waals surface area contributed by atoms with Crippen molar-refractivity contribution in [3.63, 3.8) is 0 Å². The second-order valence-corrected chi connectivity index (χ2v) is 6.63. The molecule has 0 spiro atoms. The van der Waals surface area contributed by atoms with Gasteiger partial charge in [-0.2, -0.15) is 0 Å². The lowest BCUT2D eigenvalue weighted by atomic mass is 10.0. The molecule has 7 nitrogen and oxygen atoms in total. The summed E-state index contributed by atoms with van der Waals surface area (Å²) in [6, 6.07) is 3.15. The van der Waals surface area contributed by atoms with E-state index in [1.165, 1.54) is 4.90 Å². The van der Waals surface area contributed by atoms with Crippen LogP contribution >= 0.6 is 0 Å². The molecule has 4 N–H and O–H groups in total. The molecule has 0 aromatic heterocycles. The Balaban J connectivity index is 1.61. The highest BCUT2D eigenvalue weighted by atomic mass is 19.2. The zero-order chi connectivity index (χ0) is 21.3. The molecule has 0 radical (unpaired) electrons. The van der Waals surface area contributed by atoms with E-state index in [4.69, 9.17) is 0 Å². The Hall–Kier alpha value is -3.43. The van der Waals surface area contributed by atoms with Crippen molar-refractivity contribution in [3.05, 3.63) is 52.8 Å². The van der Waals surface area contributed by atoms with Gasteiger partial charge < -0.3 is 25.5 Å². The number of carbonyl (C=O) groups is 2. The predicted molar refractivity (Wildman–Crippen MR) is 94.1 cm³/mol. The van der Waals surface area contributed by atoms with Crippen molar-refractivity contribution in [1.82, 2.24) is 10.2 Å². The number of benzene rings is 2. The number of phenols is 3. The van der Waals surface area contributed by atoms with E-state index in [9.17, 15) is 38.1 Å². The van der Waals surface area contributed by atoms with Gasteiger partial charge in [-0.3, -0.25) is 9.59 Å². The first-order valence-corrected chi connectivity index (χ1v) is 8.67. The maximum Gasteiger partial charge on any atom is 0.254 e. The number of phenolic OH excluding ortho intramolecular Hbond substituents is 3. The monoisotopic (exact) mass is 410 g/mol. The van der Waals surface area contributed by atoms with Crippen LogP contribution in [-0.4, -0.2) is 51.2 Å². The second-order valence-electron chi connectivity index (χ2n) is 6.63. The van der Waals surface area contributed by atoms with Crippen molar-refractivity contribution >= 4 is 11.8 Å². The Labute approximate surface area is 163 Å². The highest BCUT2D eigenvalue weighted by Crippen LogP contribution is 2.35. The predicted octanol–water partition coefficient (Wildman–Crippen LogP) is 2.26. The van der Waals surface area contributed by atoms with Crippen LogP contribution in [0.2, 0.25) is 0 Å². The van der Waals surface area contributed by atoms with E-state index in [0.717, 1.165) is 18.2 Å². The van der Waals surface area contributed by atoms with E-state index in [1.807, 2.05) is 0 Å². The normalized spacial score (nSPS) is 14.7. The number of amides is 2. The molecule has 2 aromatic rings. The van der Waals surface area contributed by atoms with Crippen molar-refractivity contribution in [2.45, 2.75) is 18.9 Å². The molecule has 1 aliphatic rings. The van der Waals surface area contributed by atoms with Crippen molar-refractivity contribution < 1.29 is 38.1 Å². The van der Waals surface area contributed by atoms with Crippen molar-refractivity contribution in [3.8, 4) is 17.2 Å². The van der Waals surface area contributed by atoms with Crippen LogP contribution in [0.15, 0.2) is 24.3 Å². The SMILES string of the molecule is O=C(NC1CCN(C(=O)c2cc(O)c(O)c(O)c2)CC1)c1ccc(F)c(F)c1F. The fraction of sp³-hybridized carbons (Fsp3) is 0.263. The van der Waals surface area contributed by atoms with Gasteiger partial charge in [-0.1, -0.05) is 0 Å². The third-order valence-corrected chi connectivity index (χ3v) is 4.71. The summed E-state index contributed by atoms with van der Waals surface area (Å²) >= 11 is 0. The van der Waals surface area contributed by atoms with Crippen molar-refractivity contribution in [2.24, 2.45) is 0 Å². The third kappa shape index (κ3) is 4.05. The zero-order valence-corrected chi connectivity index (χ0v) is 15.0. The molecule has 0 atom stereocenters. The first-order valence-electron chi connectivity index (χ1n) is 8.67. The molecule has 2 amide bonds. The standard InChI is InChI=1S/C19H17F3N2O5/c20-12-2-1-11(15(21)16(12)22)18(28)23-10-3-5-24(6-4-10)19(29)9-7-13(25)17(27)14(26)8-9/h1-2,7-8,10,25-27H,3-6H2,(H,23,28). The third-order valence-electron chi connectivity index (χ3n) is 4.71. The van der Waals surface area contributed by atoms with Crippen LogP contribution < -0.4 is 5.32 Å². The molecule has 3 rings (SSSR count). The smallest absolute Gasteiger partial charge is 0.254 e. The summed E-state index contributed by atoms with van der Waals surface area (Å²) < 4.78 is 40.0. The van der Waals surface area contributed by atoms with Gasteiger partial charge in [-0.15, -0.1) is 0 Å². The summed E-state index contributed by atoms with van der Waals surface area (Å²) in [5, 5.41) is 30.9. The van der Waals surface area contributed by atoms with Crippen LogP contribution in [0, 0.1) is 17.5 Å². The van der Waals surface area contributed by atoms with E-state index >= 15 is 0 Å². The highest BCUT2D eigenvalue weighted by Gasteiger charge is 2.27. The highest BCUT2D eigenvalue weighted by molar-refractivity contribution is 5.96. The molecule has 0 saturated carbocycles. The number of carbonyl (C=O) groups excluding carboxylic acids is 2. The number of piperidine rings is 1. The van der Waals surface area contributed by atoms with Gasteiger partial charge in [0.1, 0.15) is 0 Å². The van der Waals surface area contributed by atoms with Gasteiger partial charge in [0.2, 0.25) is 0 Å². The van der Waals surface area contributed by atoms with Crippen LogP contribution in [0.25, 0.3) is 0 Å². The quantitative estimate of drug-likeness (QED) is 0.458. The van der Waals surface area contributed by atoms with E-state index < -0.39 is 58.1 Å². The lowest BCUT2D eigenvalue weighted by Crippen LogP contribution is -2.46. The summed E-state index contributed by atoms with van der Waals surface area (Å²) in [6.45, 7) is 0.429. The number of nitrogens with one attached hydrogen (secondary N) is 1. The Bertz CT molecular complexity index is 952. The van der Waals surface area contributed by atoms with Crippen molar-refractivity contribution in [1.29, 1.82) is 0 Å². The minimum Gasteiger partial charge on any atom is -0.504 e. The Morgan fingerprint density at radius 3 is 2.14 bits per heavy atom. The van der Waals surface area contributed by atoms with Crippen molar-refractivity contribution in [2.75, 3.05) is 13.1 Å². The lowest BCUT2D eigenvalue weighted by Gasteiger charge is -2.32. The molecule has 1 saturated heterocycles. The number of hydrogen-bond acceptors (Lipinski definition) is 5. The number of halogens is 3. The summed E-state index contributed by atoms with van der Waals surface area (Å²) in [5.74, 6) is -8.06. The molecule has 154 valence electrons. The molecule has 0 unspecified atom stereocenters. The molecule has 1 aliphatic heterocycles. The van der Waals surface area contributed by atoms with Gasteiger partial charge in [0.25, 0.3) is 11.8 Å². The first kappa shape index (κ1) is 20.3. The van der Waals surface area contributed by atoms with E-state index in [2.05, 4.69) is 5.32 Å². The molecule has 29 heavy (non-hydrogen) atoms. The maximum absolute atomic E-state index is 13.7. The molecule has 1 heterocycles. The van der Waals surface area contributed by atoms with E-state index in [0.29, 0.717) is 18.9 Å². The molecule has 0 aliphatic carbocycles. The van der Waals surface area contributed by atoms with Crippen LogP contribution in [0.5, 0.6) is 17.2 Å². The number of likely N-dealkylation sites (tertiary alicyclic amines) is 1. The first-order chi connectivity index (χ1) is 13.7. The lowest BCUT2D eigenvalue weighted by molar-refractivity contribution is 0.0697. The van der Waals surface area contributed by atoms with Crippen LogP contribution in [0.3, 0.4) is 0 Å². The average molecular weight is 410 g/mol. The molecule has 0 bridgehead atoms. The zero-order valence-electron chi connectivity index (χ0n) is 15.0. The van der Waals surface area contributed by atoms with Gasteiger partial charge >= 0.3 is 0 Å². The number of aromatic hydroxyl groups is 3. The maximum atomic E-state index is 13.7. The van der Waals surface area contributed by atoms with Gasteiger partial charge in [0.15, 0.2) is 34.7 Å². The number of nitrogens with zero attached hydrogens (tertiary/aromatic N) is 1. The molecule has 1 fully saturated rings. The van der Waals surface area contributed by atoms with E-state index in [-0.39, 0.29) is 18.7 Å². The fourth-order valence-electron chi connectivity index (χ4n) is 3.10. The van der Waals surface area contributed by atoms with Crippen LogP contribution in [-0.2, 0) is 0 Å². The van der Waals surface area contributed by atoms with E-state index in [1.54, 1.807) is 0 Å². The Morgan fingerprint density at radius 1 is 0.966 bits per heavy atom. The average Bonchev–Trinajstić information content (AvgIpc) is 2.70. The van der Waals surface area contributed by atoms with Crippen LogP contribution in [0.1, 0.15) is 33.6 Å². The largest absolute Gasteiger partial charge is 0.504 e. The van der Waals surface area contributed by atoms with Gasteiger partial charge in [-0.25, -0.2) is 13.2 Å². The fourth-order valence-corrected chi connectivity index (χ4v) is 3.10. The number of hydrogen-bond donors (Lipinski definition) is 4. The minimum absolute atomic E-state index is 0.0239. The number of rotatable bonds is 3. The summed E-state index contributed by atoms with van der Waals surface area (Å²) in [4.78, 5) is 26.1.